The predicted molar refractivity (Wildman–Crippen MR) is 93.9 cm³/mol. The summed E-state index contributed by atoms with van der Waals surface area (Å²) in [5.74, 6) is -3.54. The molecule has 0 fully saturated rings. The Morgan fingerprint density at radius 2 is 1.46 bits per heavy atom. The largest absolute Gasteiger partial charge is 0.480 e. The number of aliphatic hydroxyl groups is 1. The molecule has 0 aromatic carbocycles. The van der Waals surface area contributed by atoms with Crippen molar-refractivity contribution in [3.8, 4) is 0 Å². The quantitative estimate of drug-likeness (QED) is 0.247. The molecule has 0 aromatic rings. The third kappa shape index (κ3) is 8.26. The highest BCUT2D eigenvalue weighted by molar-refractivity contribution is 5.93. The van der Waals surface area contributed by atoms with Crippen molar-refractivity contribution in [3.05, 3.63) is 0 Å². The lowest BCUT2D eigenvalue weighted by atomic mass is 10.0. The number of aliphatic carboxylic acids is 1. The number of hydrogen-bond acceptors (Lipinski definition) is 6. The number of rotatable bonds is 11. The zero-order valence-electron chi connectivity index (χ0n) is 15.6. The number of carbonyl (C=O) groups excluding carboxylic acids is 3. The van der Waals surface area contributed by atoms with E-state index < -0.39 is 48.4 Å². The van der Waals surface area contributed by atoms with Gasteiger partial charge in [0.1, 0.15) is 18.1 Å². The molecule has 0 radical (unpaired) electrons. The molecule has 3 unspecified atom stereocenters. The van der Waals surface area contributed by atoms with Gasteiger partial charge in [-0.2, -0.15) is 0 Å². The van der Waals surface area contributed by atoms with Crippen molar-refractivity contribution in [2.75, 3.05) is 13.2 Å². The number of carbonyl (C=O) groups is 4. The van der Waals surface area contributed by atoms with E-state index in [0.29, 0.717) is 6.42 Å². The Labute approximate surface area is 152 Å². The minimum atomic E-state index is -1.34. The van der Waals surface area contributed by atoms with Crippen molar-refractivity contribution in [1.82, 2.24) is 16.0 Å². The maximum Gasteiger partial charge on any atom is 0.326 e. The smallest absolute Gasteiger partial charge is 0.326 e. The normalized spacial score (nSPS) is 14.5. The van der Waals surface area contributed by atoms with Crippen molar-refractivity contribution in [1.29, 1.82) is 0 Å². The van der Waals surface area contributed by atoms with E-state index in [1.807, 2.05) is 13.8 Å². The summed E-state index contributed by atoms with van der Waals surface area (Å²) in [5, 5.41) is 25.6. The van der Waals surface area contributed by atoms with Gasteiger partial charge < -0.3 is 31.9 Å². The van der Waals surface area contributed by atoms with E-state index in [9.17, 15) is 24.3 Å². The molecule has 26 heavy (non-hydrogen) atoms. The van der Waals surface area contributed by atoms with Gasteiger partial charge in [0.05, 0.1) is 13.2 Å². The summed E-state index contributed by atoms with van der Waals surface area (Å²) in [6.07, 6.45) is 0.307. The van der Waals surface area contributed by atoms with Gasteiger partial charge in [-0.1, -0.05) is 27.7 Å². The highest BCUT2D eigenvalue weighted by Gasteiger charge is 2.30. The summed E-state index contributed by atoms with van der Waals surface area (Å²) in [6.45, 7) is 5.93. The lowest BCUT2D eigenvalue weighted by Gasteiger charge is -2.25. The van der Waals surface area contributed by atoms with Crippen LogP contribution in [0.3, 0.4) is 0 Å². The van der Waals surface area contributed by atoms with Crippen molar-refractivity contribution in [2.24, 2.45) is 17.6 Å². The number of aliphatic hydroxyl groups excluding tert-OH is 1. The second kappa shape index (κ2) is 11.4. The van der Waals surface area contributed by atoms with Crippen LogP contribution in [-0.4, -0.2) is 65.2 Å². The third-order valence-electron chi connectivity index (χ3n) is 3.59. The monoisotopic (exact) mass is 374 g/mol. The molecule has 0 aliphatic carbocycles. The Morgan fingerprint density at radius 3 is 1.85 bits per heavy atom. The Morgan fingerprint density at radius 1 is 0.923 bits per heavy atom. The number of carboxylic acids is 1. The molecule has 0 saturated carbocycles. The number of carboxylic acid groups (broad SMARTS) is 1. The van der Waals surface area contributed by atoms with Crippen LogP contribution in [0, 0.1) is 11.8 Å². The molecular weight excluding hydrogens is 344 g/mol. The summed E-state index contributed by atoms with van der Waals surface area (Å²) in [4.78, 5) is 47.2. The number of hydrogen-bond donors (Lipinski definition) is 6. The Hall–Kier alpha value is -2.20. The molecule has 0 aliphatic rings. The zero-order valence-corrected chi connectivity index (χ0v) is 15.6. The van der Waals surface area contributed by atoms with Gasteiger partial charge in [-0.15, -0.1) is 0 Å². The molecule has 0 aliphatic heterocycles. The van der Waals surface area contributed by atoms with Crippen molar-refractivity contribution in [3.63, 3.8) is 0 Å². The Balaban J connectivity index is 5.07. The molecule has 10 heteroatoms. The molecule has 0 aromatic heterocycles. The Bertz CT molecular complexity index is 509. The number of amides is 3. The van der Waals surface area contributed by atoms with E-state index >= 15 is 0 Å². The van der Waals surface area contributed by atoms with Crippen molar-refractivity contribution < 1.29 is 29.4 Å². The van der Waals surface area contributed by atoms with Crippen molar-refractivity contribution in [2.45, 2.75) is 52.2 Å². The summed E-state index contributed by atoms with van der Waals surface area (Å²) in [6, 6.07) is -3.42. The first-order valence-corrected chi connectivity index (χ1v) is 8.47. The van der Waals surface area contributed by atoms with E-state index in [2.05, 4.69) is 16.0 Å². The molecule has 0 spiro atoms. The fourth-order valence-electron chi connectivity index (χ4n) is 2.19. The van der Waals surface area contributed by atoms with Gasteiger partial charge in [-0.25, -0.2) is 4.79 Å². The number of nitrogens with two attached hydrogens (primary N) is 1. The van der Waals surface area contributed by atoms with Gasteiger partial charge >= 0.3 is 5.97 Å². The molecule has 150 valence electrons. The minimum Gasteiger partial charge on any atom is -0.480 e. The predicted octanol–water partition coefficient (Wildman–Crippen LogP) is -1.82. The molecule has 10 nitrogen and oxygen atoms in total. The molecule has 3 amide bonds. The third-order valence-corrected chi connectivity index (χ3v) is 3.59. The van der Waals surface area contributed by atoms with Crippen LogP contribution in [0.1, 0.15) is 34.1 Å². The van der Waals surface area contributed by atoms with Gasteiger partial charge in [0.15, 0.2) is 0 Å². The molecule has 0 rings (SSSR count). The van der Waals surface area contributed by atoms with Crippen LogP contribution in [0.15, 0.2) is 0 Å². The van der Waals surface area contributed by atoms with Gasteiger partial charge in [0.25, 0.3) is 0 Å². The minimum absolute atomic E-state index is 0.0718. The average Bonchev–Trinajstić information content (AvgIpc) is 2.55. The molecule has 3 atom stereocenters. The molecule has 0 heterocycles. The maximum absolute atomic E-state index is 12.4. The summed E-state index contributed by atoms with van der Waals surface area (Å²) >= 11 is 0. The lowest BCUT2D eigenvalue weighted by molar-refractivity contribution is -0.143. The standard InChI is InChI=1S/C16H30N4O6/c1-8(2)5-10(18-12(22)6-17)14(23)19-11(7-21)15(24)20-13(9(3)4)16(25)26/h8-11,13,21H,5-7,17H2,1-4H3,(H,18,22)(H,19,23)(H,20,24)(H,25,26). The SMILES string of the molecule is CC(C)CC(NC(=O)CN)C(=O)NC(CO)C(=O)NC(C(=O)O)C(C)C. The molecule has 0 bridgehead atoms. The molecule has 7 N–H and O–H groups in total. The molecule has 0 saturated heterocycles. The summed E-state index contributed by atoms with van der Waals surface area (Å²) < 4.78 is 0. The van der Waals surface area contributed by atoms with E-state index in [0.717, 1.165) is 0 Å². The van der Waals surface area contributed by atoms with E-state index in [-0.39, 0.29) is 18.4 Å². The van der Waals surface area contributed by atoms with Crippen molar-refractivity contribution >= 4 is 23.7 Å². The maximum atomic E-state index is 12.4. The van der Waals surface area contributed by atoms with Crippen LogP contribution >= 0.6 is 0 Å². The van der Waals surface area contributed by atoms with Crippen LogP contribution in [0.5, 0.6) is 0 Å². The van der Waals surface area contributed by atoms with Gasteiger partial charge in [-0.05, 0) is 18.3 Å². The van der Waals surface area contributed by atoms with Gasteiger partial charge in [0.2, 0.25) is 17.7 Å². The fraction of sp³-hybridized carbons (Fsp3) is 0.750. The first-order valence-electron chi connectivity index (χ1n) is 8.47. The highest BCUT2D eigenvalue weighted by Crippen LogP contribution is 2.06. The van der Waals surface area contributed by atoms with Crippen LogP contribution in [0.2, 0.25) is 0 Å². The first-order chi connectivity index (χ1) is 12.0. The van der Waals surface area contributed by atoms with Crippen LogP contribution in [0.25, 0.3) is 0 Å². The van der Waals surface area contributed by atoms with Crippen LogP contribution in [-0.2, 0) is 19.2 Å². The lowest BCUT2D eigenvalue weighted by Crippen LogP contribution is -2.58. The average molecular weight is 374 g/mol. The van der Waals surface area contributed by atoms with Crippen LogP contribution < -0.4 is 21.7 Å². The highest BCUT2D eigenvalue weighted by atomic mass is 16.4. The van der Waals surface area contributed by atoms with E-state index in [1.54, 1.807) is 13.8 Å². The second-order valence-corrected chi connectivity index (χ2v) is 6.77. The van der Waals surface area contributed by atoms with Gasteiger partial charge in [0, 0.05) is 0 Å². The first kappa shape index (κ1) is 23.8. The van der Waals surface area contributed by atoms with Gasteiger partial charge in [-0.3, -0.25) is 14.4 Å². The fourth-order valence-corrected chi connectivity index (χ4v) is 2.19. The topological polar surface area (TPSA) is 171 Å². The van der Waals surface area contributed by atoms with E-state index in [1.165, 1.54) is 0 Å². The molecular formula is C16H30N4O6. The summed E-state index contributed by atoms with van der Waals surface area (Å²) in [5.41, 5.74) is 5.23. The zero-order chi connectivity index (χ0) is 20.4. The Kier molecular flexibility index (Phi) is 10.5. The second-order valence-electron chi connectivity index (χ2n) is 6.77. The number of nitrogens with one attached hydrogen (secondary N) is 3. The summed E-state index contributed by atoms with van der Waals surface area (Å²) in [7, 11) is 0. The van der Waals surface area contributed by atoms with Crippen LogP contribution in [0.4, 0.5) is 0 Å². The van der Waals surface area contributed by atoms with E-state index in [4.69, 9.17) is 10.8 Å².